The Morgan fingerprint density at radius 3 is 2.76 bits per heavy atom. The number of halogens is 2. The number of hydrogen-bond acceptors (Lipinski definition) is 3. The lowest BCUT2D eigenvalue weighted by atomic mass is 10.2. The van der Waals surface area contributed by atoms with E-state index in [9.17, 15) is 9.18 Å². The van der Waals surface area contributed by atoms with Gasteiger partial charge in [-0.05, 0) is 24.3 Å². The topological polar surface area (TPSA) is 62.1 Å². The van der Waals surface area contributed by atoms with Crippen LogP contribution in [0.4, 0.5) is 10.1 Å². The number of hydrogen-bond donors (Lipinski definition) is 1. The molecule has 1 N–H and O–H groups in total. The number of nitrogens with zero attached hydrogens (tertiary/aromatic N) is 1. The van der Waals surface area contributed by atoms with Crippen LogP contribution in [0.3, 0.4) is 0 Å². The fraction of sp³-hybridized carbons (Fsp3) is 0.0667. The van der Waals surface area contributed by atoms with Gasteiger partial charge in [-0.1, -0.05) is 29.8 Å². The van der Waals surface area contributed by atoms with Crippen molar-refractivity contribution in [2.45, 2.75) is 0 Å². The second-order valence-corrected chi connectivity index (χ2v) is 4.45. The highest BCUT2D eigenvalue weighted by Gasteiger charge is 2.11. The third-order valence-electron chi connectivity index (χ3n) is 2.59. The molecular formula is C15H10ClFN2O2. The number of nitrogens with one attached hydrogen (secondary N) is 1. The van der Waals surface area contributed by atoms with Crippen molar-refractivity contribution in [1.29, 1.82) is 5.26 Å². The van der Waals surface area contributed by atoms with Gasteiger partial charge >= 0.3 is 0 Å². The first-order chi connectivity index (χ1) is 10.1. The van der Waals surface area contributed by atoms with Gasteiger partial charge in [-0.15, -0.1) is 0 Å². The predicted octanol–water partition coefficient (Wildman–Crippen LogP) is 3.37. The quantitative estimate of drug-likeness (QED) is 0.942. The number of carbonyl (C=O) groups is 1. The summed E-state index contributed by atoms with van der Waals surface area (Å²) in [6, 6.07) is 12.4. The minimum absolute atomic E-state index is 0.0673. The van der Waals surface area contributed by atoms with Crippen LogP contribution in [0.5, 0.6) is 5.75 Å². The first-order valence-electron chi connectivity index (χ1n) is 5.97. The highest BCUT2D eigenvalue weighted by molar-refractivity contribution is 6.31. The third-order valence-corrected chi connectivity index (χ3v) is 2.91. The number of para-hydroxylation sites is 1. The van der Waals surface area contributed by atoms with E-state index in [1.807, 2.05) is 6.07 Å². The Kier molecular flexibility index (Phi) is 4.75. The van der Waals surface area contributed by atoms with Crippen molar-refractivity contribution < 1.29 is 13.9 Å². The molecule has 2 aromatic carbocycles. The Morgan fingerprint density at radius 1 is 1.29 bits per heavy atom. The SMILES string of the molecule is N#Cc1c(Cl)cccc1OCC(=O)Nc1ccccc1F. The van der Waals surface area contributed by atoms with Gasteiger partial charge < -0.3 is 10.1 Å². The summed E-state index contributed by atoms with van der Waals surface area (Å²) in [6.45, 7) is -0.358. The van der Waals surface area contributed by atoms with E-state index in [0.717, 1.165) is 0 Å². The van der Waals surface area contributed by atoms with Crippen molar-refractivity contribution in [3.63, 3.8) is 0 Å². The fourth-order valence-corrected chi connectivity index (χ4v) is 1.83. The molecule has 106 valence electrons. The van der Waals surface area contributed by atoms with Gasteiger partial charge in [-0.25, -0.2) is 4.39 Å². The summed E-state index contributed by atoms with van der Waals surface area (Å²) in [7, 11) is 0. The molecule has 0 fully saturated rings. The number of anilines is 1. The zero-order valence-electron chi connectivity index (χ0n) is 10.8. The Balaban J connectivity index is 2.01. The molecule has 2 aromatic rings. The van der Waals surface area contributed by atoms with Crippen molar-refractivity contribution in [1.82, 2.24) is 0 Å². The summed E-state index contributed by atoms with van der Waals surface area (Å²) in [5.74, 6) is -0.871. The molecule has 0 aromatic heterocycles. The lowest BCUT2D eigenvalue weighted by Gasteiger charge is -2.09. The van der Waals surface area contributed by atoms with Crippen LogP contribution in [-0.2, 0) is 4.79 Å². The average Bonchev–Trinajstić information content (AvgIpc) is 2.47. The standard InChI is InChI=1S/C15H10ClFN2O2/c16-11-4-3-7-14(10(11)8-18)21-9-15(20)19-13-6-2-1-5-12(13)17/h1-7H,9H2,(H,19,20). The highest BCUT2D eigenvalue weighted by Crippen LogP contribution is 2.25. The molecule has 0 radical (unpaired) electrons. The van der Waals surface area contributed by atoms with Gasteiger partial charge in [0.05, 0.1) is 10.7 Å². The number of nitriles is 1. The molecule has 0 spiro atoms. The Bertz CT molecular complexity index is 713. The molecular weight excluding hydrogens is 295 g/mol. The number of benzene rings is 2. The number of carbonyl (C=O) groups excluding carboxylic acids is 1. The van der Waals surface area contributed by atoms with Crippen molar-refractivity contribution >= 4 is 23.2 Å². The van der Waals surface area contributed by atoms with E-state index in [-0.39, 0.29) is 28.6 Å². The first kappa shape index (κ1) is 14.8. The molecule has 1 amide bonds. The lowest BCUT2D eigenvalue weighted by molar-refractivity contribution is -0.118. The van der Waals surface area contributed by atoms with Crippen LogP contribution in [0.1, 0.15) is 5.56 Å². The molecule has 0 bridgehead atoms. The summed E-state index contributed by atoms with van der Waals surface area (Å²) in [5, 5.41) is 11.6. The van der Waals surface area contributed by atoms with Crippen molar-refractivity contribution in [2.24, 2.45) is 0 Å². The van der Waals surface area contributed by atoms with E-state index in [0.29, 0.717) is 0 Å². The molecule has 0 saturated carbocycles. The Hall–Kier alpha value is -2.58. The van der Waals surface area contributed by atoms with Gasteiger partial charge in [-0.3, -0.25) is 4.79 Å². The highest BCUT2D eigenvalue weighted by atomic mass is 35.5. The molecule has 4 nitrogen and oxygen atoms in total. The minimum Gasteiger partial charge on any atom is -0.482 e. The van der Waals surface area contributed by atoms with E-state index >= 15 is 0 Å². The van der Waals surface area contributed by atoms with E-state index in [1.54, 1.807) is 18.2 Å². The van der Waals surface area contributed by atoms with Crippen molar-refractivity contribution in [3.8, 4) is 11.8 Å². The first-order valence-corrected chi connectivity index (χ1v) is 6.35. The van der Waals surface area contributed by atoms with Crippen LogP contribution in [0.25, 0.3) is 0 Å². The van der Waals surface area contributed by atoms with Crippen molar-refractivity contribution in [3.05, 3.63) is 58.9 Å². The van der Waals surface area contributed by atoms with Gasteiger partial charge in [0.1, 0.15) is 23.2 Å². The van der Waals surface area contributed by atoms with E-state index in [1.165, 1.54) is 24.3 Å². The predicted molar refractivity (Wildman–Crippen MR) is 76.7 cm³/mol. The molecule has 6 heteroatoms. The fourth-order valence-electron chi connectivity index (χ4n) is 1.63. The largest absolute Gasteiger partial charge is 0.482 e. The molecule has 0 unspecified atom stereocenters. The van der Waals surface area contributed by atoms with Crippen LogP contribution < -0.4 is 10.1 Å². The molecule has 0 atom stereocenters. The molecule has 0 heterocycles. The van der Waals surface area contributed by atoms with Crippen LogP contribution in [0.2, 0.25) is 5.02 Å². The van der Waals surface area contributed by atoms with Crippen LogP contribution in [0, 0.1) is 17.1 Å². The molecule has 0 aliphatic heterocycles. The van der Waals surface area contributed by atoms with Gasteiger partial charge in [0.25, 0.3) is 5.91 Å². The average molecular weight is 305 g/mol. The molecule has 2 rings (SSSR count). The summed E-state index contributed by atoms with van der Waals surface area (Å²) in [5.41, 5.74) is 0.218. The monoisotopic (exact) mass is 304 g/mol. The van der Waals surface area contributed by atoms with Crippen molar-refractivity contribution in [2.75, 3.05) is 11.9 Å². The Morgan fingerprint density at radius 2 is 2.05 bits per heavy atom. The third kappa shape index (κ3) is 3.71. The normalized spacial score (nSPS) is 9.76. The van der Waals surface area contributed by atoms with Gasteiger partial charge in [0.15, 0.2) is 6.61 Å². The zero-order chi connectivity index (χ0) is 15.2. The summed E-state index contributed by atoms with van der Waals surface area (Å²) < 4.78 is 18.6. The van der Waals surface area contributed by atoms with Gasteiger partial charge in [0.2, 0.25) is 0 Å². The number of ether oxygens (including phenoxy) is 1. The second kappa shape index (κ2) is 6.73. The van der Waals surface area contributed by atoms with Gasteiger partial charge in [-0.2, -0.15) is 5.26 Å². The Labute approximate surface area is 125 Å². The summed E-state index contributed by atoms with van der Waals surface area (Å²) in [6.07, 6.45) is 0. The second-order valence-electron chi connectivity index (χ2n) is 4.04. The maximum absolute atomic E-state index is 13.4. The minimum atomic E-state index is -0.538. The molecule has 21 heavy (non-hydrogen) atoms. The van der Waals surface area contributed by atoms with Crippen LogP contribution in [-0.4, -0.2) is 12.5 Å². The van der Waals surface area contributed by atoms with Crippen LogP contribution in [0.15, 0.2) is 42.5 Å². The summed E-state index contributed by atoms with van der Waals surface area (Å²) >= 11 is 5.84. The van der Waals surface area contributed by atoms with E-state index < -0.39 is 11.7 Å². The van der Waals surface area contributed by atoms with Gasteiger partial charge in [0, 0.05) is 0 Å². The molecule has 0 saturated heterocycles. The smallest absolute Gasteiger partial charge is 0.262 e. The summed E-state index contributed by atoms with van der Waals surface area (Å²) in [4.78, 5) is 11.7. The number of amides is 1. The zero-order valence-corrected chi connectivity index (χ0v) is 11.5. The molecule has 0 aliphatic carbocycles. The van der Waals surface area contributed by atoms with Crippen LogP contribution >= 0.6 is 11.6 Å². The maximum atomic E-state index is 13.4. The van der Waals surface area contributed by atoms with E-state index in [2.05, 4.69) is 5.32 Å². The van der Waals surface area contributed by atoms with E-state index in [4.69, 9.17) is 21.6 Å². The molecule has 0 aliphatic rings. The number of rotatable bonds is 4. The lowest BCUT2D eigenvalue weighted by Crippen LogP contribution is -2.21. The maximum Gasteiger partial charge on any atom is 0.262 e.